The lowest BCUT2D eigenvalue weighted by atomic mass is 9.96. The number of rotatable bonds is 6. The van der Waals surface area contributed by atoms with Crippen LogP contribution in [0.1, 0.15) is 54.9 Å². The van der Waals surface area contributed by atoms with E-state index in [2.05, 4.69) is 9.55 Å². The Balaban J connectivity index is 1.58. The maximum Gasteiger partial charge on any atom is 0.253 e. The lowest BCUT2D eigenvalue weighted by molar-refractivity contribution is 0.0660. The van der Waals surface area contributed by atoms with E-state index in [1.54, 1.807) is 0 Å². The van der Waals surface area contributed by atoms with Gasteiger partial charge in [-0.1, -0.05) is 12.1 Å². The topological polar surface area (TPSA) is 58.4 Å². The van der Waals surface area contributed by atoms with E-state index in [-0.39, 0.29) is 5.91 Å². The average Bonchev–Trinajstić information content (AvgIpc) is 3.04. The van der Waals surface area contributed by atoms with E-state index < -0.39 is 5.60 Å². The molecule has 0 radical (unpaired) electrons. The molecule has 0 spiro atoms. The molecule has 0 aliphatic carbocycles. The number of hydrogen-bond acceptors (Lipinski definition) is 3. The number of carbonyl (C=O) groups is 1. The number of piperidine rings is 1. The Hall–Kier alpha value is -2.14. The molecule has 1 aliphatic rings. The van der Waals surface area contributed by atoms with Gasteiger partial charge >= 0.3 is 0 Å². The van der Waals surface area contributed by atoms with Gasteiger partial charge in [0.25, 0.3) is 5.91 Å². The lowest BCUT2D eigenvalue weighted by Crippen LogP contribution is -2.41. The van der Waals surface area contributed by atoms with Crippen LogP contribution >= 0.6 is 0 Å². The molecule has 3 rings (SSSR count). The second kappa shape index (κ2) is 8.26. The summed E-state index contributed by atoms with van der Waals surface area (Å²) in [5.41, 5.74) is 1.24. The summed E-state index contributed by atoms with van der Waals surface area (Å²) in [4.78, 5) is 19.2. The highest BCUT2D eigenvalue weighted by molar-refractivity contribution is 5.94. The minimum absolute atomic E-state index is 0.121. The number of aliphatic hydroxyl groups is 1. The van der Waals surface area contributed by atoms with Crippen LogP contribution in [0, 0.1) is 12.8 Å². The number of hydrogen-bond donors (Lipinski definition) is 1. The molecule has 2 aromatic rings. The second-order valence-corrected chi connectivity index (χ2v) is 8.40. The number of amides is 1. The smallest absolute Gasteiger partial charge is 0.253 e. The van der Waals surface area contributed by atoms with Crippen LogP contribution in [0.3, 0.4) is 0 Å². The predicted molar refractivity (Wildman–Crippen MR) is 107 cm³/mol. The zero-order valence-electron chi connectivity index (χ0n) is 16.7. The number of nitrogens with zero attached hydrogens (tertiary/aromatic N) is 3. The molecule has 5 nitrogen and oxygen atoms in total. The summed E-state index contributed by atoms with van der Waals surface area (Å²) in [5.74, 6) is 1.62. The van der Waals surface area contributed by atoms with Crippen LogP contribution in [0.2, 0.25) is 0 Å². The molecule has 27 heavy (non-hydrogen) atoms. The standard InChI is InChI=1S/C22H31N3O2/c1-17-23-12-14-24(17)15-19-5-4-13-25(16-19)21(26)20-8-6-18(7-9-20)10-11-22(2,3)27/h6-9,12,14,19,27H,4-5,10-11,13,15-16H2,1-3H3/t19-/m1/s1. The molecule has 0 bridgehead atoms. The molecule has 1 aromatic heterocycles. The molecule has 1 aliphatic heterocycles. The van der Waals surface area contributed by atoms with Crippen LogP contribution < -0.4 is 0 Å². The summed E-state index contributed by atoms with van der Waals surface area (Å²) in [6, 6.07) is 7.86. The SMILES string of the molecule is Cc1nccn1C[C@H]1CCCN(C(=O)c2ccc(CCC(C)(C)O)cc2)C1. The molecule has 0 unspecified atom stereocenters. The first-order valence-electron chi connectivity index (χ1n) is 9.90. The van der Waals surface area contributed by atoms with Crippen molar-refractivity contribution in [2.75, 3.05) is 13.1 Å². The van der Waals surface area contributed by atoms with Crippen LogP contribution in [-0.2, 0) is 13.0 Å². The zero-order valence-corrected chi connectivity index (χ0v) is 16.7. The Labute approximate surface area is 162 Å². The maximum absolute atomic E-state index is 12.9. The average molecular weight is 370 g/mol. The molecule has 1 N–H and O–H groups in total. The third kappa shape index (κ3) is 5.42. The fraction of sp³-hybridized carbons (Fsp3) is 0.545. The van der Waals surface area contributed by atoms with E-state index >= 15 is 0 Å². The molecule has 1 saturated heterocycles. The van der Waals surface area contributed by atoms with E-state index in [1.165, 1.54) is 0 Å². The number of benzene rings is 1. The minimum Gasteiger partial charge on any atom is -0.390 e. The van der Waals surface area contributed by atoms with E-state index in [0.717, 1.165) is 55.8 Å². The van der Waals surface area contributed by atoms with Gasteiger partial charge in [-0.25, -0.2) is 4.98 Å². The van der Waals surface area contributed by atoms with Gasteiger partial charge < -0.3 is 14.6 Å². The predicted octanol–water partition coefficient (Wildman–Crippen LogP) is 3.45. The third-order valence-electron chi connectivity index (χ3n) is 5.41. The molecular weight excluding hydrogens is 338 g/mol. The number of carbonyl (C=O) groups excluding carboxylic acids is 1. The van der Waals surface area contributed by atoms with Gasteiger partial charge in [-0.15, -0.1) is 0 Å². The Kier molecular flexibility index (Phi) is 6.00. The lowest BCUT2D eigenvalue weighted by Gasteiger charge is -2.33. The van der Waals surface area contributed by atoms with Crippen molar-refractivity contribution in [3.63, 3.8) is 0 Å². The molecule has 146 valence electrons. The second-order valence-electron chi connectivity index (χ2n) is 8.40. The zero-order chi connectivity index (χ0) is 19.4. The molecular formula is C22H31N3O2. The van der Waals surface area contributed by atoms with Crippen molar-refractivity contribution in [2.24, 2.45) is 5.92 Å². The first-order valence-corrected chi connectivity index (χ1v) is 9.90. The van der Waals surface area contributed by atoms with Gasteiger partial charge in [0.2, 0.25) is 0 Å². The van der Waals surface area contributed by atoms with Crippen molar-refractivity contribution in [1.82, 2.24) is 14.5 Å². The maximum atomic E-state index is 12.9. The van der Waals surface area contributed by atoms with Crippen molar-refractivity contribution in [2.45, 2.75) is 58.6 Å². The molecule has 1 atom stereocenters. The number of aromatic nitrogens is 2. The molecule has 1 aromatic carbocycles. The van der Waals surface area contributed by atoms with Gasteiger partial charge in [-0.2, -0.15) is 0 Å². The minimum atomic E-state index is -0.662. The van der Waals surface area contributed by atoms with Crippen LogP contribution in [0.15, 0.2) is 36.7 Å². The highest BCUT2D eigenvalue weighted by Crippen LogP contribution is 2.21. The highest BCUT2D eigenvalue weighted by atomic mass is 16.3. The van der Waals surface area contributed by atoms with Gasteiger partial charge in [0.1, 0.15) is 5.82 Å². The summed E-state index contributed by atoms with van der Waals surface area (Å²) in [7, 11) is 0. The normalized spacial score (nSPS) is 17.9. The van der Waals surface area contributed by atoms with Crippen LogP contribution in [0.25, 0.3) is 0 Å². The number of imidazole rings is 1. The summed E-state index contributed by atoms with van der Waals surface area (Å²) in [5, 5.41) is 9.86. The molecule has 2 heterocycles. The van der Waals surface area contributed by atoms with Crippen LogP contribution in [0.5, 0.6) is 0 Å². The van der Waals surface area contributed by atoms with E-state index in [1.807, 2.05) is 62.3 Å². The Morgan fingerprint density at radius 3 is 2.67 bits per heavy atom. The van der Waals surface area contributed by atoms with Crippen molar-refractivity contribution >= 4 is 5.91 Å². The van der Waals surface area contributed by atoms with E-state index in [0.29, 0.717) is 12.3 Å². The summed E-state index contributed by atoms with van der Waals surface area (Å²) < 4.78 is 2.18. The summed E-state index contributed by atoms with van der Waals surface area (Å²) in [6.07, 6.45) is 7.57. The van der Waals surface area contributed by atoms with Gasteiger partial charge in [0.15, 0.2) is 0 Å². The fourth-order valence-electron chi connectivity index (χ4n) is 3.72. The highest BCUT2D eigenvalue weighted by Gasteiger charge is 2.25. The van der Waals surface area contributed by atoms with Gasteiger partial charge in [0, 0.05) is 37.6 Å². The van der Waals surface area contributed by atoms with E-state index in [9.17, 15) is 9.90 Å². The fourth-order valence-corrected chi connectivity index (χ4v) is 3.72. The van der Waals surface area contributed by atoms with E-state index in [4.69, 9.17) is 0 Å². The molecule has 1 fully saturated rings. The van der Waals surface area contributed by atoms with Crippen LogP contribution in [0.4, 0.5) is 0 Å². The molecule has 5 heteroatoms. The monoisotopic (exact) mass is 369 g/mol. The van der Waals surface area contributed by atoms with Crippen molar-refractivity contribution in [3.8, 4) is 0 Å². The van der Waals surface area contributed by atoms with Gasteiger partial charge in [-0.3, -0.25) is 4.79 Å². The quantitative estimate of drug-likeness (QED) is 0.848. The largest absolute Gasteiger partial charge is 0.390 e. The number of likely N-dealkylation sites (tertiary alicyclic amines) is 1. The Bertz CT molecular complexity index is 759. The Morgan fingerprint density at radius 2 is 2.04 bits per heavy atom. The Morgan fingerprint density at radius 1 is 1.30 bits per heavy atom. The first kappa shape index (κ1) is 19.6. The van der Waals surface area contributed by atoms with Crippen molar-refractivity contribution in [3.05, 3.63) is 53.6 Å². The van der Waals surface area contributed by atoms with Crippen molar-refractivity contribution < 1.29 is 9.90 Å². The first-order chi connectivity index (χ1) is 12.8. The van der Waals surface area contributed by atoms with Crippen molar-refractivity contribution in [1.29, 1.82) is 0 Å². The van der Waals surface area contributed by atoms with Gasteiger partial charge in [0.05, 0.1) is 5.60 Å². The third-order valence-corrected chi connectivity index (χ3v) is 5.41. The summed E-state index contributed by atoms with van der Waals surface area (Å²) in [6.45, 7) is 8.22. The van der Waals surface area contributed by atoms with Crippen LogP contribution in [-0.4, -0.2) is 44.2 Å². The summed E-state index contributed by atoms with van der Waals surface area (Å²) >= 11 is 0. The molecule has 1 amide bonds. The molecule has 0 saturated carbocycles. The van der Waals surface area contributed by atoms with Gasteiger partial charge in [-0.05, 0) is 70.1 Å². The number of aryl methyl sites for hydroxylation is 2.